The van der Waals surface area contributed by atoms with Crippen LogP contribution in [0.1, 0.15) is 37.7 Å². The summed E-state index contributed by atoms with van der Waals surface area (Å²) in [5.41, 5.74) is 0.728. The minimum Gasteiger partial charge on any atom is -0.316 e. The topological polar surface area (TPSA) is 12.0 Å². The molecule has 0 heterocycles. The molecule has 0 bridgehead atoms. The molecule has 1 aromatic rings. The zero-order valence-electron chi connectivity index (χ0n) is 12.0. The Morgan fingerprint density at radius 1 is 1.15 bits per heavy atom. The summed E-state index contributed by atoms with van der Waals surface area (Å²) in [5.74, 6) is 0.0174. The van der Waals surface area contributed by atoms with E-state index >= 15 is 0 Å². The first kappa shape index (κ1) is 15.8. The number of nitrogens with one attached hydrogen (secondary N) is 1. The first-order chi connectivity index (χ1) is 9.67. The molecule has 1 saturated carbocycles. The maximum atomic E-state index is 13.2. The highest BCUT2D eigenvalue weighted by Gasteiger charge is 2.16. The van der Waals surface area contributed by atoms with Crippen LogP contribution in [-0.2, 0) is 6.42 Å². The van der Waals surface area contributed by atoms with E-state index in [1.807, 2.05) is 18.8 Å². The van der Waals surface area contributed by atoms with Gasteiger partial charge in [0.15, 0.2) is 0 Å². The Morgan fingerprint density at radius 3 is 2.40 bits per heavy atom. The van der Waals surface area contributed by atoms with Crippen LogP contribution >= 0.6 is 11.8 Å². The normalized spacial score (nSPS) is 18.1. The molecule has 0 spiro atoms. The second-order valence-corrected chi connectivity index (χ2v) is 6.89. The SMILES string of the molecule is CNC(CSC1CCCCC1)Cc1cc(F)cc(F)c1. The lowest BCUT2D eigenvalue weighted by atomic mass is 10.0. The van der Waals surface area contributed by atoms with Crippen molar-refractivity contribution in [2.75, 3.05) is 12.8 Å². The Balaban J connectivity index is 1.84. The number of halogens is 2. The van der Waals surface area contributed by atoms with Gasteiger partial charge in [-0.05, 0) is 44.0 Å². The molecule has 1 aliphatic rings. The van der Waals surface area contributed by atoms with Crippen molar-refractivity contribution in [3.63, 3.8) is 0 Å². The summed E-state index contributed by atoms with van der Waals surface area (Å²) in [6, 6.07) is 4.05. The van der Waals surface area contributed by atoms with Crippen molar-refractivity contribution in [2.24, 2.45) is 0 Å². The Kier molecular flexibility index (Phi) is 6.30. The Hall–Kier alpha value is -0.610. The number of hydrogen-bond acceptors (Lipinski definition) is 2. The van der Waals surface area contributed by atoms with Gasteiger partial charge >= 0.3 is 0 Å². The lowest BCUT2D eigenvalue weighted by Crippen LogP contribution is -2.31. The molecular weight excluding hydrogens is 276 g/mol. The molecule has 0 aliphatic heterocycles. The molecule has 1 atom stereocenters. The third kappa shape index (κ3) is 5.06. The summed E-state index contributed by atoms with van der Waals surface area (Å²) in [7, 11) is 1.92. The van der Waals surface area contributed by atoms with Crippen LogP contribution in [-0.4, -0.2) is 24.1 Å². The van der Waals surface area contributed by atoms with Crippen molar-refractivity contribution in [1.82, 2.24) is 5.32 Å². The predicted octanol–water partition coefficient (Wildman–Crippen LogP) is 4.16. The summed E-state index contributed by atoms with van der Waals surface area (Å²) in [5, 5.41) is 4.03. The van der Waals surface area contributed by atoms with Gasteiger partial charge in [0.05, 0.1) is 0 Å². The van der Waals surface area contributed by atoms with Crippen molar-refractivity contribution < 1.29 is 8.78 Å². The molecule has 1 N–H and O–H groups in total. The minimum atomic E-state index is -0.491. The molecular formula is C16H23F2NS. The van der Waals surface area contributed by atoms with E-state index in [0.29, 0.717) is 6.42 Å². The molecule has 2 rings (SSSR count). The van der Waals surface area contributed by atoms with E-state index < -0.39 is 11.6 Å². The van der Waals surface area contributed by atoms with E-state index in [9.17, 15) is 8.78 Å². The summed E-state index contributed by atoms with van der Waals surface area (Å²) in [6.45, 7) is 0. The van der Waals surface area contributed by atoms with Gasteiger partial charge in [0, 0.05) is 23.1 Å². The van der Waals surface area contributed by atoms with Crippen LogP contribution in [0.15, 0.2) is 18.2 Å². The molecule has 1 nitrogen and oxygen atoms in total. The number of rotatable bonds is 6. The second-order valence-electron chi connectivity index (χ2n) is 5.56. The predicted molar refractivity (Wildman–Crippen MR) is 82.2 cm³/mol. The maximum Gasteiger partial charge on any atom is 0.126 e. The quantitative estimate of drug-likeness (QED) is 0.846. The summed E-state index contributed by atoms with van der Waals surface area (Å²) < 4.78 is 26.4. The lowest BCUT2D eigenvalue weighted by Gasteiger charge is -2.24. The highest BCUT2D eigenvalue weighted by molar-refractivity contribution is 7.99. The highest BCUT2D eigenvalue weighted by Crippen LogP contribution is 2.28. The van der Waals surface area contributed by atoms with Crippen LogP contribution < -0.4 is 5.32 Å². The van der Waals surface area contributed by atoms with Gasteiger partial charge < -0.3 is 5.32 Å². The number of likely N-dealkylation sites (N-methyl/N-ethyl adjacent to an activating group) is 1. The fourth-order valence-corrected chi connectivity index (χ4v) is 4.20. The number of hydrogen-bond donors (Lipinski definition) is 1. The minimum absolute atomic E-state index is 0.267. The molecule has 1 aromatic carbocycles. The molecule has 1 unspecified atom stereocenters. The molecule has 1 fully saturated rings. The van der Waals surface area contributed by atoms with Gasteiger partial charge in [0.2, 0.25) is 0 Å². The van der Waals surface area contributed by atoms with Gasteiger partial charge in [0.1, 0.15) is 11.6 Å². The molecule has 0 aromatic heterocycles. The van der Waals surface area contributed by atoms with E-state index in [0.717, 1.165) is 22.6 Å². The van der Waals surface area contributed by atoms with Crippen LogP contribution in [0.3, 0.4) is 0 Å². The van der Waals surface area contributed by atoms with Gasteiger partial charge in [-0.25, -0.2) is 8.78 Å². The third-order valence-electron chi connectivity index (χ3n) is 3.90. The monoisotopic (exact) mass is 299 g/mol. The Morgan fingerprint density at radius 2 is 1.80 bits per heavy atom. The molecule has 112 valence electrons. The molecule has 0 radical (unpaired) electrons. The fourth-order valence-electron chi connectivity index (χ4n) is 2.74. The fraction of sp³-hybridized carbons (Fsp3) is 0.625. The maximum absolute atomic E-state index is 13.2. The number of benzene rings is 1. The van der Waals surface area contributed by atoms with Gasteiger partial charge in [-0.1, -0.05) is 19.3 Å². The van der Waals surface area contributed by atoms with E-state index in [1.54, 1.807) is 0 Å². The second kappa shape index (κ2) is 7.99. The third-order valence-corrected chi connectivity index (χ3v) is 5.44. The van der Waals surface area contributed by atoms with Crippen LogP contribution in [0.25, 0.3) is 0 Å². The average Bonchev–Trinajstić information content (AvgIpc) is 2.43. The van der Waals surface area contributed by atoms with E-state index in [2.05, 4.69) is 5.32 Å². The molecule has 0 saturated heterocycles. The zero-order chi connectivity index (χ0) is 14.4. The summed E-state index contributed by atoms with van der Waals surface area (Å²) >= 11 is 2.01. The number of thioether (sulfide) groups is 1. The van der Waals surface area contributed by atoms with Gasteiger partial charge in [-0.15, -0.1) is 0 Å². The standard InChI is InChI=1S/C16H23F2NS/c1-19-15(11-20-16-5-3-2-4-6-16)9-12-7-13(17)10-14(18)8-12/h7-8,10,15-16,19H,2-6,9,11H2,1H3. The van der Waals surface area contributed by atoms with Gasteiger partial charge in [-0.3, -0.25) is 0 Å². The Bertz CT molecular complexity index is 399. The highest BCUT2D eigenvalue weighted by atomic mass is 32.2. The molecule has 0 amide bonds. The average molecular weight is 299 g/mol. The molecule has 4 heteroatoms. The first-order valence-electron chi connectivity index (χ1n) is 7.41. The zero-order valence-corrected chi connectivity index (χ0v) is 12.8. The van der Waals surface area contributed by atoms with Crippen molar-refractivity contribution in [1.29, 1.82) is 0 Å². The summed E-state index contributed by atoms with van der Waals surface area (Å²) in [4.78, 5) is 0. The molecule has 20 heavy (non-hydrogen) atoms. The van der Waals surface area contributed by atoms with Crippen molar-refractivity contribution >= 4 is 11.8 Å². The van der Waals surface area contributed by atoms with Crippen molar-refractivity contribution in [3.05, 3.63) is 35.4 Å². The van der Waals surface area contributed by atoms with Crippen LogP contribution in [0.4, 0.5) is 8.78 Å². The van der Waals surface area contributed by atoms with Crippen molar-refractivity contribution in [2.45, 2.75) is 49.8 Å². The van der Waals surface area contributed by atoms with Crippen LogP contribution in [0.5, 0.6) is 0 Å². The van der Waals surface area contributed by atoms with Crippen LogP contribution in [0, 0.1) is 11.6 Å². The Labute approximate surface area is 124 Å². The van der Waals surface area contributed by atoms with E-state index in [-0.39, 0.29) is 6.04 Å². The lowest BCUT2D eigenvalue weighted by molar-refractivity contribution is 0.514. The first-order valence-corrected chi connectivity index (χ1v) is 8.46. The smallest absolute Gasteiger partial charge is 0.126 e. The van der Waals surface area contributed by atoms with Crippen LogP contribution in [0.2, 0.25) is 0 Å². The van der Waals surface area contributed by atoms with E-state index in [4.69, 9.17) is 0 Å². The largest absolute Gasteiger partial charge is 0.316 e. The van der Waals surface area contributed by atoms with Crippen molar-refractivity contribution in [3.8, 4) is 0 Å². The van der Waals surface area contributed by atoms with E-state index in [1.165, 1.54) is 44.2 Å². The van der Waals surface area contributed by atoms with Gasteiger partial charge in [-0.2, -0.15) is 11.8 Å². The summed E-state index contributed by atoms with van der Waals surface area (Å²) in [6.07, 6.45) is 7.36. The van der Waals surface area contributed by atoms with Gasteiger partial charge in [0.25, 0.3) is 0 Å². The molecule has 1 aliphatic carbocycles.